The fourth-order valence-corrected chi connectivity index (χ4v) is 1.86. The summed E-state index contributed by atoms with van der Waals surface area (Å²) in [5, 5.41) is 10.0. The number of rotatable bonds is 3. The molecule has 0 unspecified atom stereocenters. The van der Waals surface area contributed by atoms with Gasteiger partial charge in [0.05, 0.1) is 5.02 Å². The molecule has 2 rings (SSSR count). The topological polar surface area (TPSA) is 55.8 Å². The number of benzene rings is 1. The van der Waals surface area contributed by atoms with Crippen LogP contribution < -0.4 is 9.47 Å². The van der Waals surface area contributed by atoms with Gasteiger partial charge in [-0.25, -0.2) is 0 Å². The van der Waals surface area contributed by atoms with Crippen LogP contribution in [-0.4, -0.2) is 24.6 Å². The van der Waals surface area contributed by atoms with E-state index in [1.54, 1.807) is 0 Å². The first-order valence-electron chi connectivity index (χ1n) is 4.97. The van der Waals surface area contributed by atoms with Gasteiger partial charge in [-0.3, -0.25) is 0 Å². The zero-order chi connectivity index (χ0) is 11.5. The van der Waals surface area contributed by atoms with Crippen LogP contribution in [0.3, 0.4) is 0 Å². The van der Waals surface area contributed by atoms with Gasteiger partial charge in [0.2, 0.25) is 0 Å². The lowest BCUT2D eigenvalue weighted by molar-refractivity contribution is -0.107. The molecule has 0 amide bonds. The van der Waals surface area contributed by atoms with E-state index in [9.17, 15) is 9.90 Å². The number of carbonyl (C=O) groups is 1. The number of phenolic OH excluding ortho intramolecular Hbond substituents is 1. The zero-order valence-corrected chi connectivity index (χ0v) is 9.29. The van der Waals surface area contributed by atoms with Crippen molar-refractivity contribution in [2.45, 2.75) is 12.8 Å². The maximum atomic E-state index is 10.4. The summed E-state index contributed by atoms with van der Waals surface area (Å²) in [5.41, 5.74) is 0.536. The first-order valence-corrected chi connectivity index (χ1v) is 5.35. The molecule has 0 radical (unpaired) electrons. The maximum Gasteiger partial charge on any atom is 0.168 e. The van der Waals surface area contributed by atoms with Gasteiger partial charge >= 0.3 is 0 Å². The quantitative estimate of drug-likeness (QED) is 0.823. The number of hydrogen-bond acceptors (Lipinski definition) is 4. The molecule has 0 spiro atoms. The van der Waals surface area contributed by atoms with Gasteiger partial charge in [-0.2, -0.15) is 0 Å². The van der Waals surface area contributed by atoms with Crippen molar-refractivity contribution in [1.29, 1.82) is 0 Å². The smallest absolute Gasteiger partial charge is 0.168 e. The molecule has 1 aromatic carbocycles. The number of aldehydes is 1. The van der Waals surface area contributed by atoms with E-state index >= 15 is 0 Å². The first kappa shape index (κ1) is 11.1. The van der Waals surface area contributed by atoms with Gasteiger partial charge < -0.3 is 19.4 Å². The Morgan fingerprint density at radius 2 is 2.19 bits per heavy atom. The van der Waals surface area contributed by atoms with Crippen molar-refractivity contribution >= 4 is 17.9 Å². The molecule has 1 N–H and O–H groups in total. The summed E-state index contributed by atoms with van der Waals surface area (Å²) in [7, 11) is 0. The molecule has 0 saturated carbocycles. The molecule has 1 aromatic rings. The average molecular weight is 243 g/mol. The second-order valence-corrected chi connectivity index (χ2v) is 3.82. The van der Waals surface area contributed by atoms with E-state index in [1.165, 1.54) is 6.07 Å². The molecule has 0 saturated heterocycles. The summed E-state index contributed by atoms with van der Waals surface area (Å²) in [6, 6.07) is 1.52. The summed E-state index contributed by atoms with van der Waals surface area (Å²) in [4.78, 5) is 10.4. The van der Waals surface area contributed by atoms with Crippen molar-refractivity contribution in [3.63, 3.8) is 0 Å². The van der Waals surface area contributed by atoms with Crippen molar-refractivity contribution in [1.82, 2.24) is 0 Å². The summed E-state index contributed by atoms with van der Waals surface area (Å²) in [6.07, 6.45) is 1.49. The highest BCUT2D eigenvalue weighted by atomic mass is 35.5. The second-order valence-electron chi connectivity index (χ2n) is 3.42. The van der Waals surface area contributed by atoms with Crippen LogP contribution in [0.2, 0.25) is 5.02 Å². The molecule has 5 heteroatoms. The van der Waals surface area contributed by atoms with E-state index in [0.29, 0.717) is 43.1 Å². The molecule has 0 aliphatic carbocycles. The van der Waals surface area contributed by atoms with E-state index in [1.807, 2.05) is 0 Å². The lowest BCUT2D eigenvalue weighted by Crippen LogP contribution is -2.16. The molecule has 1 aliphatic heterocycles. The van der Waals surface area contributed by atoms with Gasteiger partial charge in [0.15, 0.2) is 11.5 Å². The van der Waals surface area contributed by atoms with Crippen LogP contribution in [0.4, 0.5) is 0 Å². The monoisotopic (exact) mass is 242 g/mol. The summed E-state index contributed by atoms with van der Waals surface area (Å²) < 4.78 is 10.8. The molecule has 0 fully saturated rings. The molecule has 16 heavy (non-hydrogen) atoms. The average Bonchev–Trinajstić information content (AvgIpc) is 2.30. The minimum Gasteiger partial charge on any atom is -0.506 e. The summed E-state index contributed by atoms with van der Waals surface area (Å²) in [5.74, 6) is 0.984. The largest absolute Gasteiger partial charge is 0.506 e. The highest BCUT2D eigenvalue weighted by Gasteiger charge is 2.21. The van der Waals surface area contributed by atoms with Crippen LogP contribution in [0, 0.1) is 0 Å². The van der Waals surface area contributed by atoms with Gasteiger partial charge in [0.1, 0.15) is 25.2 Å². The predicted molar refractivity (Wildman–Crippen MR) is 58.5 cm³/mol. The molecule has 0 atom stereocenters. The van der Waals surface area contributed by atoms with Crippen LogP contribution in [0.25, 0.3) is 0 Å². The Morgan fingerprint density at radius 1 is 1.44 bits per heavy atom. The van der Waals surface area contributed by atoms with Crippen LogP contribution in [0.1, 0.15) is 12.0 Å². The van der Waals surface area contributed by atoms with Gasteiger partial charge in [0.25, 0.3) is 0 Å². The van der Waals surface area contributed by atoms with Gasteiger partial charge in [-0.05, 0) is 6.42 Å². The van der Waals surface area contributed by atoms with Gasteiger partial charge in [-0.1, -0.05) is 11.6 Å². The molecule has 1 heterocycles. The highest BCUT2D eigenvalue weighted by Crippen LogP contribution is 2.44. The Labute approximate surface area is 97.7 Å². The zero-order valence-electron chi connectivity index (χ0n) is 8.53. The Morgan fingerprint density at radius 3 is 2.94 bits per heavy atom. The number of ether oxygens (including phenoxy) is 2. The van der Waals surface area contributed by atoms with Crippen molar-refractivity contribution < 1.29 is 19.4 Å². The van der Waals surface area contributed by atoms with Crippen LogP contribution >= 0.6 is 11.6 Å². The minimum absolute atomic E-state index is 0.0345. The number of phenols is 1. The standard InChI is InChI=1S/C11H11ClO4/c12-8-6-9-11(16-5-4-15-9)7(10(8)14)2-1-3-13/h3,6,14H,1-2,4-5H2. The van der Waals surface area contributed by atoms with E-state index in [2.05, 4.69) is 0 Å². The van der Waals surface area contributed by atoms with E-state index in [-0.39, 0.29) is 10.8 Å². The molecule has 0 aromatic heterocycles. The first-order chi connectivity index (χ1) is 7.74. The normalized spacial score (nSPS) is 13.6. The SMILES string of the molecule is O=CCCc1c(O)c(Cl)cc2c1OCCO2. The number of aromatic hydroxyl groups is 1. The lowest BCUT2D eigenvalue weighted by Gasteiger charge is -2.22. The Hall–Kier alpha value is -1.42. The van der Waals surface area contributed by atoms with Crippen LogP contribution in [-0.2, 0) is 11.2 Å². The Bertz CT molecular complexity index is 417. The summed E-state index contributed by atoms with van der Waals surface area (Å²) in [6.45, 7) is 0.892. The molecule has 86 valence electrons. The fraction of sp³-hybridized carbons (Fsp3) is 0.364. The highest BCUT2D eigenvalue weighted by molar-refractivity contribution is 6.32. The summed E-state index contributed by atoms with van der Waals surface area (Å²) >= 11 is 5.86. The predicted octanol–water partition coefficient (Wildman–Crippen LogP) is 1.95. The molecular formula is C11H11ClO4. The Balaban J connectivity index is 2.45. The van der Waals surface area contributed by atoms with Crippen molar-refractivity contribution in [2.24, 2.45) is 0 Å². The van der Waals surface area contributed by atoms with Crippen LogP contribution in [0.5, 0.6) is 17.2 Å². The molecule has 4 nitrogen and oxygen atoms in total. The van der Waals surface area contributed by atoms with E-state index < -0.39 is 0 Å². The van der Waals surface area contributed by atoms with Gasteiger partial charge in [0, 0.05) is 18.1 Å². The van der Waals surface area contributed by atoms with Crippen molar-refractivity contribution in [3.8, 4) is 17.2 Å². The fourth-order valence-electron chi connectivity index (χ4n) is 1.65. The Kier molecular flexibility index (Phi) is 3.19. The lowest BCUT2D eigenvalue weighted by atomic mass is 10.1. The maximum absolute atomic E-state index is 10.4. The third-order valence-corrected chi connectivity index (χ3v) is 2.66. The van der Waals surface area contributed by atoms with Crippen LogP contribution in [0.15, 0.2) is 6.07 Å². The third-order valence-electron chi connectivity index (χ3n) is 2.37. The number of halogens is 1. The minimum atomic E-state index is -0.0345. The third kappa shape index (κ3) is 1.93. The van der Waals surface area contributed by atoms with Crippen molar-refractivity contribution in [3.05, 3.63) is 16.7 Å². The molecule has 0 bridgehead atoms. The van der Waals surface area contributed by atoms with E-state index in [4.69, 9.17) is 21.1 Å². The van der Waals surface area contributed by atoms with E-state index in [0.717, 1.165) is 6.29 Å². The molecule has 1 aliphatic rings. The number of fused-ring (bicyclic) bond motifs is 1. The number of carbonyl (C=O) groups excluding carboxylic acids is 1. The number of hydrogen-bond donors (Lipinski definition) is 1. The molecular weight excluding hydrogens is 232 g/mol. The van der Waals surface area contributed by atoms with Gasteiger partial charge in [-0.15, -0.1) is 0 Å². The van der Waals surface area contributed by atoms with Crippen molar-refractivity contribution in [2.75, 3.05) is 13.2 Å². The second kappa shape index (κ2) is 4.61.